The zero-order valence-electron chi connectivity index (χ0n) is 19.7. The molecule has 0 atom stereocenters. The van der Waals surface area contributed by atoms with Crippen molar-refractivity contribution in [1.29, 1.82) is 0 Å². The van der Waals surface area contributed by atoms with Crippen LogP contribution >= 0.6 is 0 Å². The molecule has 0 spiro atoms. The number of amides is 1. The van der Waals surface area contributed by atoms with Crippen LogP contribution in [-0.4, -0.2) is 111 Å². The molecule has 1 aromatic heterocycles. The van der Waals surface area contributed by atoms with E-state index in [1.54, 1.807) is 0 Å². The number of aromatic nitrogens is 2. The number of benzene rings is 1. The van der Waals surface area contributed by atoms with E-state index in [-0.39, 0.29) is 35.9 Å². The van der Waals surface area contributed by atoms with Crippen molar-refractivity contribution < 1.29 is 23.1 Å². The molecule has 1 amide bonds. The van der Waals surface area contributed by atoms with E-state index in [4.69, 9.17) is 15.6 Å². The summed E-state index contributed by atoms with van der Waals surface area (Å²) in [7, 11) is -2.40. The lowest BCUT2D eigenvalue weighted by molar-refractivity contribution is 0.0997. The highest BCUT2D eigenvalue weighted by molar-refractivity contribution is 7.89. The fourth-order valence-electron chi connectivity index (χ4n) is 4.34. The Hall–Kier alpha value is -3.00. The molecule has 2 aliphatic rings. The van der Waals surface area contributed by atoms with E-state index in [1.165, 1.54) is 29.6 Å². The summed E-state index contributed by atoms with van der Waals surface area (Å²) in [6.45, 7) is 5.72. The third kappa shape index (κ3) is 5.48. The van der Waals surface area contributed by atoms with Crippen LogP contribution in [0.1, 0.15) is 10.4 Å². The SMILES string of the molecule is COc1ccc(S(=O)(=O)N2CCN(c3ccc(N4CCN(CCO)CC4)nn3)CC2)cc1C(N)=O. The number of β-amino-alcohol motifs (C(OH)–C–C–N with tert-alkyl or cyclic N) is 1. The van der Waals surface area contributed by atoms with Gasteiger partial charge in [-0.1, -0.05) is 0 Å². The van der Waals surface area contributed by atoms with Gasteiger partial charge in [0.1, 0.15) is 5.75 Å². The molecule has 35 heavy (non-hydrogen) atoms. The quantitative estimate of drug-likeness (QED) is 0.468. The molecule has 12 nitrogen and oxygen atoms in total. The normalized spacial score (nSPS) is 18.0. The molecule has 0 radical (unpaired) electrons. The van der Waals surface area contributed by atoms with Gasteiger partial charge in [0.05, 0.1) is 24.2 Å². The van der Waals surface area contributed by atoms with Crippen LogP contribution in [0.4, 0.5) is 11.6 Å². The van der Waals surface area contributed by atoms with Gasteiger partial charge in [-0.2, -0.15) is 4.31 Å². The van der Waals surface area contributed by atoms with Crippen molar-refractivity contribution >= 4 is 27.6 Å². The predicted molar refractivity (Wildman–Crippen MR) is 130 cm³/mol. The monoisotopic (exact) mass is 505 g/mol. The number of carbonyl (C=O) groups excluding carboxylic acids is 1. The second-order valence-electron chi connectivity index (χ2n) is 8.42. The number of aliphatic hydroxyl groups is 1. The van der Waals surface area contributed by atoms with Gasteiger partial charge in [-0.25, -0.2) is 8.42 Å². The predicted octanol–water partition coefficient (Wildman–Crippen LogP) is -0.791. The molecule has 0 aliphatic carbocycles. The van der Waals surface area contributed by atoms with Gasteiger partial charge in [0, 0.05) is 58.9 Å². The number of hydrogen-bond donors (Lipinski definition) is 2. The number of primary amides is 1. The van der Waals surface area contributed by atoms with Crippen molar-refractivity contribution in [2.45, 2.75) is 4.90 Å². The summed E-state index contributed by atoms with van der Waals surface area (Å²) < 4.78 is 32.8. The van der Waals surface area contributed by atoms with Crippen LogP contribution in [0.15, 0.2) is 35.2 Å². The van der Waals surface area contributed by atoms with Crippen LogP contribution in [0.5, 0.6) is 5.75 Å². The summed E-state index contributed by atoms with van der Waals surface area (Å²) in [5.41, 5.74) is 5.40. The van der Waals surface area contributed by atoms with Crippen molar-refractivity contribution in [1.82, 2.24) is 19.4 Å². The maximum atomic E-state index is 13.2. The molecule has 3 heterocycles. The summed E-state index contributed by atoms with van der Waals surface area (Å²) in [5.74, 6) is 0.988. The van der Waals surface area contributed by atoms with Crippen LogP contribution in [0, 0.1) is 0 Å². The molecule has 1 aromatic carbocycles. The molecular formula is C22H31N7O5S. The fraction of sp³-hybridized carbons (Fsp3) is 0.500. The number of aliphatic hydroxyl groups excluding tert-OH is 1. The largest absolute Gasteiger partial charge is 0.496 e. The van der Waals surface area contributed by atoms with Gasteiger partial charge >= 0.3 is 0 Å². The van der Waals surface area contributed by atoms with Gasteiger partial charge in [-0.15, -0.1) is 10.2 Å². The average molecular weight is 506 g/mol. The van der Waals surface area contributed by atoms with E-state index in [1.807, 2.05) is 17.0 Å². The minimum atomic E-state index is -3.80. The lowest BCUT2D eigenvalue weighted by Crippen LogP contribution is -2.49. The molecule has 2 fully saturated rings. The first-order chi connectivity index (χ1) is 16.8. The smallest absolute Gasteiger partial charge is 0.252 e. The first kappa shape index (κ1) is 25.1. The molecule has 2 aromatic rings. The summed E-state index contributed by atoms with van der Waals surface area (Å²) in [5, 5.41) is 17.8. The number of nitrogens with zero attached hydrogens (tertiary/aromatic N) is 6. The minimum absolute atomic E-state index is 0.00350. The van der Waals surface area contributed by atoms with Crippen molar-refractivity contribution in [2.75, 3.05) is 82.4 Å². The number of methoxy groups -OCH3 is 1. The molecular weight excluding hydrogens is 474 g/mol. The van der Waals surface area contributed by atoms with Gasteiger partial charge in [0.2, 0.25) is 10.0 Å². The molecule has 3 N–H and O–H groups in total. The number of sulfonamides is 1. The van der Waals surface area contributed by atoms with Gasteiger partial charge in [-0.3, -0.25) is 9.69 Å². The third-order valence-corrected chi connectivity index (χ3v) is 8.28. The van der Waals surface area contributed by atoms with Crippen molar-refractivity contribution in [3.63, 3.8) is 0 Å². The second-order valence-corrected chi connectivity index (χ2v) is 10.4. The van der Waals surface area contributed by atoms with E-state index in [9.17, 15) is 13.2 Å². The Labute approximate surface area is 204 Å². The minimum Gasteiger partial charge on any atom is -0.496 e. The van der Waals surface area contributed by atoms with Gasteiger partial charge in [0.25, 0.3) is 5.91 Å². The summed E-state index contributed by atoms with van der Waals surface area (Å²) in [4.78, 5) is 18.1. The Balaban J connectivity index is 1.37. The Morgan fingerprint density at radius 3 is 2.03 bits per heavy atom. The Morgan fingerprint density at radius 2 is 1.54 bits per heavy atom. The average Bonchev–Trinajstić information content (AvgIpc) is 2.89. The molecule has 0 saturated carbocycles. The lowest BCUT2D eigenvalue weighted by Gasteiger charge is -2.36. The van der Waals surface area contributed by atoms with E-state index in [2.05, 4.69) is 20.0 Å². The van der Waals surface area contributed by atoms with E-state index < -0.39 is 15.9 Å². The number of nitrogens with two attached hydrogens (primary N) is 1. The third-order valence-electron chi connectivity index (χ3n) is 6.39. The van der Waals surface area contributed by atoms with Crippen molar-refractivity contribution in [2.24, 2.45) is 5.73 Å². The Morgan fingerprint density at radius 1 is 0.971 bits per heavy atom. The Bertz CT molecular complexity index is 1130. The van der Waals surface area contributed by atoms with Crippen LogP contribution in [0.2, 0.25) is 0 Å². The fourth-order valence-corrected chi connectivity index (χ4v) is 5.79. The summed E-state index contributed by atoms with van der Waals surface area (Å²) in [6, 6.07) is 7.97. The van der Waals surface area contributed by atoms with Gasteiger partial charge < -0.3 is 25.4 Å². The van der Waals surface area contributed by atoms with Crippen molar-refractivity contribution in [3.05, 3.63) is 35.9 Å². The highest BCUT2D eigenvalue weighted by Crippen LogP contribution is 2.26. The first-order valence-corrected chi connectivity index (χ1v) is 12.9. The van der Waals surface area contributed by atoms with Crippen molar-refractivity contribution in [3.8, 4) is 5.75 Å². The molecule has 0 unspecified atom stereocenters. The van der Waals surface area contributed by atoms with Crippen LogP contribution < -0.4 is 20.3 Å². The van der Waals surface area contributed by atoms with E-state index in [0.717, 1.165) is 32.0 Å². The topological polar surface area (TPSA) is 145 Å². The highest BCUT2D eigenvalue weighted by Gasteiger charge is 2.30. The maximum Gasteiger partial charge on any atom is 0.252 e. The molecule has 2 aliphatic heterocycles. The number of carbonyl (C=O) groups is 1. The second kappa shape index (κ2) is 10.7. The Kier molecular flexibility index (Phi) is 7.69. The molecule has 4 rings (SSSR count). The van der Waals surface area contributed by atoms with Crippen LogP contribution in [0.25, 0.3) is 0 Å². The number of ether oxygens (including phenoxy) is 1. The summed E-state index contributed by atoms with van der Waals surface area (Å²) >= 11 is 0. The summed E-state index contributed by atoms with van der Waals surface area (Å²) in [6.07, 6.45) is 0. The van der Waals surface area contributed by atoms with Gasteiger partial charge in [-0.05, 0) is 30.3 Å². The molecule has 2 saturated heterocycles. The van der Waals surface area contributed by atoms with E-state index >= 15 is 0 Å². The first-order valence-electron chi connectivity index (χ1n) is 11.5. The molecule has 0 bridgehead atoms. The van der Waals surface area contributed by atoms with Crippen LogP contribution in [-0.2, 0) is 10.0 Å². The zero-order valence-corrected chi connectivity index (χ0v) is 20.5. The van der Waals surface area contributed by atoms with Gasteiger partial charge in [0.15, 0.2) is 11.6 Å². The molecule has 190 valence electrons. The maximum absolute atomic E-state index is 13.2. The van der Waals surface area contributed by atoms with Crippen LogP contribution in [0.3, 0.4) is 0 Å². The zero-order chi connectivity index (χ0) is 25.0. The number of hydrogen-bond acceptors (Lipinski definition) is 10. The van der Waals surface area contributed by atoms with E-state index in [0.29, 0.717) is 25.5 Å². The number of piperazine rings is 2. The highest BCUT2D eigenvalue weighted by atomic mass is 32.2. The standard InChI is InChI=1S/C22H31N7O5S/c1-34-19-3-2-17(16-18(19)22(23)31)35(32,33)29-12-10-28(11-13-29)21-5-4-20(24-25-21)27-8-6-26(7-9-27)14-15-30/h2-5,16,30H,6-15H2,1H3,(H2,23,31). The number of rotatable bonds is 8. The molecule has 13 heteroatoms. The lowest BCUT2D eigenvalue weighted by atomic mass is 10.2. The number of anilines is 2.